The molecule has 0 saturated heterocycles. The molecule has 0 fully saturated rings. The first kappa shape index (κ1) is 21.2. The predicted octanol–water partition coefficient (Wildman–Crippen LogP) is 4.96. The normalized spacial score (nSPS) is 13.2. The molecule has 3 aromatic rings. The molecular weight excluding hydrogens is 460 g/mol. The molecule has 0 aliphatic heterocycles. The van der Waals surface area contributed by atoms with E-state index in [1.165, 1.54) is 3.97 Å². The lowest BCUT2D eigenvalue weighted by Gasteiger charge is -2.19. The van der Waals surface area contributed by atoms with Gasteiger partial charge in [0.25, 0.3) is 10.0 Å². The quantitative estimate of drug-likeness (QED) is 0.367. The van der Waals surface area contributed by atoms with Gasteiger partial charge in [0.2, 0.25) is 0 Å². The van der Waals surface area contributed by atoms with E-state index in [0.717, 1.165) is 14.8 Å². The zero-order valence-corrected chi connectivity index (χ0v) is 19.7. The second-order valence-corrected chi connectivity index (χ2v) is 10.7. The maximum absolute atomic E-state index is 13.5. The van der Waals surface area contributed by atoms with Gasteiger partial charge in [0.15, 0.2) is 0 Å². The van der Waals surface area contributed by atoms with E-state index in [2.05, 4.69) is 27.8 Å². The highest BCUT2D eigenvalue weighted by molar-refractivity contribution is 9.10. The van der Waals surface area contributed by atoms with Gasteiger partial charge in [-0.05, 0) is 70.4 Å². The van der Waals surface area contributed by atoms with Crippen LogP contribution in [-0.2, 0) is 10.0 Å². The van der Waals surface area contributed by atoms with Gasteiger partial charge in [-0.3, -0.25) is 4.90 Å². The molecule has 0 saturated carbocycles. The van der Waals surface area contributed by atoms with Gasteiger partial charge in [-0.15, -0.1) is 11.8 Å². The lowest BCUT2D eigenvalue weighted by atomic mass is 10.2. The molecule has 0 bridgehead atoms. The minimum atomic E-state index is -3.74. The number of thioether (sulfide) groups is 1. The third-order valence-corrected chi connectivity index (χ3v) is 8.53. The molecule has 1 atom stereocenters. The van der Waals surface area contributed by atoms with Crippen molar-refractivity contribution in [2.24, 2.45) is 0 Å². The molecule has 2 aromatic carbocycles. The average molecular weight is 483 g/mol. The van der Waals surface area contributed by atoms with Crippen molar-refractivity contribution >= 4 is 48.6 Å². The number of ether oxygens (including phenoxy) is 1. The van der Waals surface area contributed by atoms with Gasteiger partial charge in [-0.2, -0.15) is 0 Å². The largest absolute Gasteiger partial charge is 0.497 e. The minimum Gasteiger partial charge on any atom is -0.497 e. The van der Waals surface area contributed by atoms with E-state index < -0.39 is 10.0 Å². The summed E-state index contributed by atoms with van der Waals surface area (Å²) < 4.78 is 34.6. The third-order valence-electron chi connectivity index (χ3n) is 4.67. The van der Waals surface area contributed by atoms with E-state index in [1.54, 1.807) is 49.2 Å². The Labute approximate surface area is 178 Å². The fourth-order valence-corrected chi connectivity index (χ4v) is 5.90. The Kier molecular flexibility index (Phi) is 6.14. The zero-order valence-electron chi connectivity index (χ0n) is 16.4. The van der Waals surface area contributed by atoms with Gasteiger partial charge in [0.1, 0.15) is 5.75 Å². The van der Waals surface area contributed by atoms with Crippen LogP contribution in [0.2, 0.25) is 0 Å². The summed E-state index contributed by atoms with van der Waals surface area (Å²) in [6, 6.07) is 12.2. The number of nitrogens with zero attached hydrogens (tertiary/aromatic N) is 2. The first-order chi connectivity index (χ1) is 13.2. The van der Waals surface area contributed by atoms with Crippen LogP contribution in [0.15, 0.2) is 56.7 Å². The highest BCUT2D eigenvalue weighted by atomic mass is 79.9. The van der Waals surface area contributed by atoms with Gasteiger partial charge in [-0.25, -0.2) is 12.4 Å². The number of methoxy groups -OCH3 is 1. The van der Waals surface area contributed by atoms with Crippen LogP contribution in [0.5, 0.6) is 5.75 Å². The van der Waals surface area contributed by atoms with Crippen molar-refractivity contribution in [3.8, 4) is 5.75 Å². The van der Waals surface area contributed by atoms with E-state index >= 15 is 0 Å². The summed E-state index contributed by atoms with van der Waals surface area (Å²) in [5, 5.41) is 1.05. The highest BCUT2D eigenvalue weighted by Crippen LogP contribution is 2.40. The number of fused-ring (bicyclic) bond motifs is 1. The number of benzene rings is 2. The smallest absolute Gasteiger partial charge is 0.268 e. The molecule has 5 nitrogen and oxygen atoms in total. The Bertz CT molecular complexity index is 1110. The first-order valence-electron chi connectivity index (χ1n) is 8.70. The Balaban J connectivity index is 2.28. The summed E-state index contributed by atoms with van der Waals surface area (Å²) in [7, 11) is 1.88. The van der Waals surface area contributed by atoms with Crippen LogP contribution in [-0.4, -0.2) is 43.9 Å². The molecule has 28 heavy (non-hydrogen) atoms. The Morgan fingerprint density at radius 3 is 2.36 bits per heavy atom. The molecule has 150 valence electrons. The number of rotatable bonds is 6. The van der Waals surface area contributed by atoms with Gasteiger partial charge < -0.3 is 4.74 Å². The summed E-state index contributed by atoms with van der Waals surface area (Å²) >= 11 is 5.00. The summed E-state index contributed by atoms with van der Waals surface area (Å²) in [6.07, 6.45) is 0. The number of hydrogen-bond donors (Lipinski definition) is 0. The Morgan fingerprint density at radius 1 is 1.14 bits per heavy atom. The van der Waals surface area contributed by atoms with Crippen molar-refractivity contribution in [3.05, 3.63) is 52.6 Å². The maximum atomic E-state index is 13.5. The average Bonchev–Trinajstić information content (AvgIpc) is 2.93. The molecule has 0 aliphatic rings. The van der Waals surface area contributed by atoms with Crippen LogP contribution in [0, 0.1) is 6.92 Å². The lowest BCUT2D eigenvalue weighted by molar-refractivity contribution is 0.402. The fraction of sp³-hybridized carbons (Fsp3) is 0.300. The number of aromatic nitrogens is 1. The summed E-state index contributed by atoms with van der Waals surface area (Å²) in [5.74, 6) is 0.699. The van der Waals surface area contributed by atoms with E-state index in [-0.39, 0.29) is 10.3 Å². The molecule has 8 heteroatoms. The topological polar surface area (TPSA) is 51.5 Å². The predicted molar refractivity (Wildman–Crippen MR) is 119 cm³/mol. The second kappa shape index (κ2) is 8.10. The summed E-state index contributed by atoms with van der Waals surface area (Å²) in [4.78, 5) is 3.29. The third kappa shape index (κ3) is 3.83. The molecule has 0 spiro atoms. The molecule has 0 N–H and O–H groups in total. The van der Waals surface area contributed by atoms with Gasteiger partial charge in [0, 0.05) is 20.4 Å². The van der Waals surface area contributed by atoms with E-state index in [4.69, 9.17) is 4.74 Å². The maximum Gasteiger partial charge on any atom is 0.268 e. The zero-order chi connectivity index (χ0) is 20.6. The standard InChI is InChI=1S/C20H23BrN2O3S2/c1-13-20(27-14(2)22(3)4)18-12-16(26-5)8-11-19(18)23(13)28(24,25)17-9-6-15(21)7-10-17/h6-12,14H,1-5H3. The summed E-state index contributed by atoms with van der Waals surface area (Å²) in [5.41, 5.74) is 1.35. The minimum absolute atomic E-state index is 0.180. The van der Waals surface area contributed by atoms with Crippen molar-refractivity contribution in [2.75, 3.05) is 21.2 Å². The van der Waals surface area contributed by atoms with Crippen molar-refractivity contribution in [2.45, 2.75) is 29.0 Å². The molecule has 0 aliphatic carbocycles. The van der Waals surface area contributed by atoms with Gasteiger partial charge in [0.05, 0.1) is 22.9 Å². The Hall–Kier alpha value is -1.48. The second-order valence-electron chi connectivity index (χ2n) is 6.70. The van der Waals surface area contributed by atoms with E-state index in [1.807, 2.05) is 33.2 Å². The lowest BCUT2D eigenvalue weighted by Crippen LogP contribution is -2.21. The van der Waals surface area contributed by atoms with Gasteiger partial charge >= 0.3 is 0 Å². The van der Waals surface area contributed by atoms with Crippen LogP contribution in [0.3, 0.4) is 0 Å². The van der Waals surface area contributed by atoms with Crippen molar-refractivity contribution in [1.29, 1.82) is 0 Å². The SMILES string of the molecule is COc1ccc2c(c1)c(SC(C)N(C)C)c(C)n2S(=O)(=O)c1ccc(Br)cc1. The fourth-order valence-electron chi connectivity index (χ4n) is 2.92. The molecule has 1 unspecified atom stereocenters. The summed E-state index contributed by atoms with van der Waals surface area (Å²) in [6.45, 7) is 3.95. The van der Waals surface area contributed by atoms with Crippen LogP contribution in [0.1, 0.15) is 12.6 Å². The van der Waals surface area contributed by atoms with Crippen LogP contribution < -0.4 is 4.74 Å². The molecular formula is C20H23BrN2O3S2. The number of hydrogen-bond acceptors (Lipinski definition) is 5. The molecule has 1 heterocycles. The van der Waals surface area contributed by atoms with E-state index in [9.17, 15) is 8.42 Å². The van der Waals surface area contributed by atoms with Crippen molar-refractivity contribution in [1.82, 2.24) is 8.87 Å². The Morgan fingerprint density at radius 2 is 1.79 bits per heavy atom. The molecule has 3 rings (SSSR count). The van der Waals surface area contributed by atoms with Crippen molar-refractivity contribution in [3.63, 3.8) is 0 Å². The van der Waals surface area contributed by atoms with Crippen LogP contribution >= 0.6 is 27.7 Å². The van der Waals surface area contributed by atoms with Gasteiger partial charge in [-0.1, -0.05) is 15.9 Å². The molecule has 0 radical (unpaired) electrons. The first-order valence-corrected chi connectivity index (χ1v) is 11.8. The van der Waals surface area contributed by atoms with Crippen molar-refractivity contribution < 1.29 is 13.2 Å². The number of halogens is 1. The molecule has 1 aromatic heterocycles. The van der Waals surface area contributed by atoms with Crippen LogP contribution in [0.4, 0.5) is 0 Å². The highest BCUT2D eigenvalue weighted by Gasteiger charge is 2.26. The van der Waals surface area contributed by atoms with Crippen LogP contribution in [0.25, 0.3) is 10.9 Å². The monoisotopic (exact) mass is 482 g/mol. The van der Waals surface area contributed by atoms with E-state index in [0.29, 0.717) is 17.0 Å². The molecule has 0 amide bonds.